The predicted molar refractivity (Wildman–Crippen MR) is 157 cm³/mol. The van der Waals surface area contributed by atoms with Crippen molar-refractivity contribution in [3.8, 4) is 11.8 Å². The standard InChI is InChI=1S/C32H46N6O3/c1-4-29(39)38-18-17-37(20-23(38)12-15-33)30-26-11-14-32(13-10-25-22(2)7-5-9-28(25)41-32)19-27(26)34-31(35-30)40-21-24-8-6-16-36(24)3/h4-5,7,9,23-24,26-27,30-31,34-35H,1,6,8,10-14,16-21H2,2-3H3/t23?,24?,26?,27?,30?,31?,32-/m1/s1. The van der Waals surface area contributed by atoms with Crippen molar-refractivity contribution in [2.75, 3.05) is 39.8 Å². The molecule has 7 atom stereocenters. The number of piperazine rings is 1. The van der Waals surface area contributed by atoms with E-state index in [2.05, 4.69) is 65.3 Å². The number of nitriles is 1. The quantitative estimate of drug-likeness (QED) is 0.512. The van der Waals surface area contributed by atoms with Crippen molar-refractivity contribution in [3.63, 3.8) is 0 Å². The number of carbonyl (C=O) groups is 1. The number of nitrogens with one attached hydrogen (secondary N) is 2. The van der Waals surface area contributed by atoms with Crippen molar-refractivity contribution < 1.29 is 14.3 Å². The number of likely N-dealkylation sites (N-methyl/N-ethyl adjacent to an activating group) is 1. The Hall–Kier alpha value is -2.48. The van der Waals surface area contributed by atoms with E-state index in [0.29, 0.717) is 38.1 Å². The molecular weight excluding hydrogens is 516 g/mol. The minimum absolute atomic E-state index is 0.0903. The maximum absolute atomic E-state index is 12.5. The van der Waals surface area contributed by atoms with Crippen LogP contribution in [0.3, 0.4) is 0 Å². The lowest BCUT2D eigenvalue weighted by Crippen LogP contribution is -2.73. The van der Waals surface area contributed by atoms with E-state index in [-0.39, 0.29) is 36.1 Å². The summed E-state index contributed by atoms with van der Waals surface area (Å²) < 4.78 is 13.4. The molecule has 0 bridgehead atoms. The average molecular weight is 563 g/mol. The van der Waals surface area contributed by atoms with E-state index in [9.17, 15) is 10.1 Å². The van der Waals surface area contributed by atoms with Crippen LogP contribution < -0.4 is 15.4 Å². The summed E-state index contributed by atoms with van der Waals surface area (Å²) >= 11 is 0. The summed E-state index contributed by atoms with van der Waals surface area (Å²) in [7, 11) is 2.19. The molecule has 222 valence electrons. The fourth-order valence-electron chi connectivity index (χ4n) is 8.10. The molecule has 6 unspecified atom stereocenters. The summed E-state index contributed by atoms with van der Waals surface area (Å²) in [4.78, 5) is 19.2. The lowest BCUT2D eigenvalue weighted by Gasteiger charge is -2.56. The van der Waals surface area contributed by atoms with Gasteiger partial charge in [-0.1, -0.05) is 18.7 Å². The van der Waals surface area contributed by atoms with Gasteiger partial charge in [-0.05, 0) is 82.3 Å². The van der Waals surface area contributed by atoms with Crippen LogP contribution in [-0.4, -0.2) is 96.7 Å². The molecule has 1 aromatic rings. The zero-order chi connectivity index (χ0) is 28.6. The lowest BCUT2D eigenvalue weighted by atomic mass is 9.70. The number of likely N-dealkylation sites (tertiary alicyclic amines) is 1. The summed E-state index contributed by atoms with van der Waals surface area (Å²) in [5.41, 5.74) is 2.51. The molecule has 2 N–H and O–H groups in total. The van der Waals surface area contributed by atoms with Crippen LogP contribution in [0, 0.1) is 24.2 Å². The highest BCUT2D eigenvalue weighted by molar-refractivity contribution is 5.87. The molecule has 1 aliphatic carbocycles. The fourth-order valence-corrected chi connectivity index (χ4v) is 8.10. The molecule has 1 aromatic carbocycles. The number of benzene rings is 1. The van der Waals surface area contributed by atoms with E-state index in [0.717, 1.165) is 50.9 Å². The van der Waals surface area contributed by atoms with Gasteiger partial charge in [0.15, 0.2) is 6.35 Å². The van der Waals surface area contributed by atoms with Crippen LogP contribution in [0.4, 0.5) is 0 Å². The number of aryl methyl sites for hydroxylation is 1. The van der Waals surface area contributed by atoms with E-state index >= 15 is 0 Å². The molecule has 1 saturated carbocycles. The van der Waals surface area contributed by atoms with Gasteiger partial charge in [-0.2, -0.15) is 5.26 Å². The number of ether oxygens (including phenoxy) is 2. The van der Waals surface area contributed by atoms with E-state index in [1.54, 1.807) is 0 Å². The van der Waals surface area contributed by atoms with Crippen molar-refractivity contribution in [1.29, 1.82) is 5.26 Å². The van der Waals surface area contributed by atoms with Crippen LogP contribution in [0.25, 0.3) is 0 Å². The molecule has 9 nitrogen and oxygen atoms in total. The lowest BCUT2D eigenvalue weighted by molar-refractivity contribution is -0.139. The number of hydrogen-bond donors (Lipinski definition) is 2. The Bertz CT molecular complexity index is 1170. The van der Waals surface area contributed by atoms with Gasteiger partial charge in [0.1, 0.15) is 11.4 Å². The van der Waals surface area contributed by atoms with E-state index in [1.165, 1.54) is 30.0 Å². The second-order valence-corrected chi connectivity index (χ2v) is 12.9. The van der Waals surface area contributed by atoms with Crippen molar-refractivity contribution in [1.82, 2.24) is 25.3 Å². The first-order chi connectivity index (χ1) is 19.9. The van der Waals surface area contributed by atoms with Crippen LogP contribution in [0.2, 0.25) is 0 Å². The molecule has 0 radical (unpaired) electrons. The Balaban J connectivity index is 1.21. The molecule has 4 fully saturated rings. The van der Waals surface area contributed by atoms with Crippen molar-refractivity contribution in [2.24, 2.45) is 5.92 Å². The van der Waals surface area contributed by atoms with Gasteiger partial charge < -0.3 is 19.3 Å². The largest absolute Gasteiger partial charge is 0.487 e. The monoisotopic (exact) mass is 562 g/mol. The zero-order valence-electron chi connectivity index (χ0n) is 24.7. The molecule has 41 heavy (non-hydrogen) atoms. The number of carbonyl (C=O) groups excluding carboxylic acids is 1. The molecule has 5 aliphatic rings. The summed E-state index contributed by atoms with van der Waals surface area (Å²) in [6.45, 7) is 9.71. The van der Waals surface area contributed by atoms with E-state index < -0.39 is 0 Å². The van der Waals surface area contributed by atoms with Gasteiger partial charge in [0, 0.05) is 44.1 Å². The third kappa shape index (κ3) is 5.78. The summed E-state index contributed by atoms with van der Waals surface area (Å²) in [6, 6.07) is 9.28. The first kappa shape index (κ1) is 28.6. The third-order valence-corrected chi connectivity index (χ3v) is 10.5. The molecule has 4 aliphatic heterocycles. The normalized spacial score (nSPS) is 35.8. The highest BCUT2D eigenvalue weighted by atomic mass is 16.5. The predicted octanol–water partition coefficient (Wildman–Crippen LogP) is 2.75. The number of fused-ring (bicyclic) bond motifs is 2. The topological polar surface area (TPSA) is 93.1 Å². The molecule has 1 amide bonds. The van der Waals surface area contributed by atoms with Crippen LogP contribution in [-0.2, 0) is 16.0 Å². The Morgan fingerprint density at radius 2 is 2.12 bits per heavy atom. The Kier molecular flexibility index (Phi) is 8.39. The Morgan fingerprint density at radius 1 is 1.24 bits per heavy atom. The number of rotatable bonds is 6. The second-order valence-electron chi connectivity index (χ2n) is 12.9. The summed E-state index contributed by atoms with van der Waals surface area (Å²) in [5.74, 6) is 1.34. The first-order valence-corrected chi connectivity index (χ1v) is 15.6. The Morgan fingerprint density at radius 3 is 2.90 bits per heavy atom. The molecule has 3 saturated heterocycles. The SMILES string of the molecule is C=CC(=O)N1CCN(C2NC(OCC3CCCN3C)NC3C[C@@]4(CCc5c(C)cccc5O4)CCC32)CC1CC#N. The highest BCUT2D eigenvalue weighted by Gasteiger charge is 2.51. The van der Waals surface area contributed by atoms with E-state index in [4.69, 9.17) is 9.47 Å². The Labute approximate surface area is 244 Å². The number of hydrogen-bond acceptors (Lipinski definition) is 8. The highest BCUT2D eigenvalue weighted by Crippen LogP contribution is 2.46. The van der Waals surface area contributed by atoms with Gasteiger partial charge in [0.2, 0.25) is 5.91 Å². The van der Waals surface area contributed by atoms with E-state index in [1.807, 2.05) is 4.90 Å². The second kappa shape index (κ2) is 12.0. The maximum Gasteiger partial charge on any atom is 0.246 e. The zero-order valence-corrected chi connectivity index (χ0v) is 24.7. The average Bonchev–Trinajstić information content (AvgIpc) is 3.39. The van der Waals surface area contributed by atoms with Gasteiger partial charge >= 0.3 is 0 Å². The minimum atomic E-state index is -0.259. The fraction of sp³-hybridized carbons (Fsp3) is 0.688. The third-order valence-electron chi connectivity index (χ3n) is 10.5. The summed E-state index contributed by atoms with van der Waals surface area (Å²) in [5, 5.41) is 17.2. The van der Waals surface area contributed by atoms with Crippen LogP contribution in [0.15, 0.2) is 30.9 Å². The maximum atomic E-state index is 12.5. The molecule has 6 rings (SSSR count). The smallest absolute Gasteiger partial charge is 0.246 e. The number of nitrogens with zero attached hydrogens (tertiary/aromatic N) is 4. The van der Waals surface area contributed by atoms with Crippen molar-refractivity contribution in [3.05, 3.63) is 42.0 Å². The minimum Gasteiger partial charge on any atom is -0.487 e. The van der Waals surface area contributed by atoms with Crippen molar-refractivity contribution >= 4 is 5.91 Å². The number of amides is 1. The molecular formula is C32H46N6O3. The van der Waals surface area contributed by atoms with Gasteiger partial charge in [-0.25, -0.2) is 0 Å². The summed E-state index contributed by atoms with van der Waals surface area (Å²) in [6.07, 6.45) is 9.04. The van der Waals surface area contributed by atoms with Crippen LogP contribution in [0.1, 0.15) is 56.1 Å². The van der Waals surface area contributed by atoms with Gasteiger partial charge in [-0.15, -0.1) is 0 Å². The molecule has 9 heteroatoms. The van der Waals surface area contributed by atoms with Crippen LogP contribution in [0.5, 0.6) is 5.75 Å². The molecule has 1 spiro atoms. The van der Waals surface area contributed by atoms with Gasteiger partial charge in [-0.3, -0.25) is 20.3 Å². The van der Waals surface area contributed by atoms with Crippen molar-refractivity contribution in [2.45, 2.75) is 94.5 Å². The van der Waals surface area contributed by atoms with Gasteiger partial charge in [0.05, 0.1) is 31.3 Å². The van der Waals surface area contributed by atoms with Crippen LogP contribution >= 0.6 is 0 Å². The molecule has 0 aromatic heterocycles. The van der Waals surface area contributed by atoms with Gasteiger partial charge in [0.25, 0.3) is 0 Å². The first-order valence-electron chi connectivity index (χ1n) is 15.6. The molecule has 4 heterocycles.